The summed E-state index contributed by atoms with van der Waals surface area (Å²) >= 11 is 12.0. The van der Waals surface area contributed by atoms with Crippen molar-refractivity contribution in [3.63, 3.8) is 0 Å². The van der Waals surface area contributed by atoms with E-state index in [1.54, 1.807) is 37.3 Å². The van der Waals surface area contributed by atoms with Crippen molar-refractivity contribution in [3.05, 3.63) is 57.6 Å². The Kier molecular flexibility index (Phi) is 7.30. The lowest BCUT2D eigenvalue weighted by molar-refractivity contribution is -0.116. The van der Waals surface area contributed by atoms with Crippen LogP contribution >= 0.6 is 23.2 Å². The highest BCUT2D eigenvalue weighted by Gasteiger charge is 2.11. The normalized spacial score (nSPS) is 10.3. The molecule has 0 atom stereocenters. The van der Waals surface area contributed by atoms with Crippen LogP contribution in [0.25, 0.3) is 0 Å². The Bertz CT molecular complexity index is 809. The Morgan fingerprint density at radius 3 is 2.42 bits per heavy atom. The van der Waals surface area contributed by atoms with Crippen LogP contribution in [0.4, 0.5) is 16.2 Å². The zero-order valence-corrected chi connectivity index (χ0v) is 16.1. The summed E-state index contributed by atoms with van der Waals surface area (Å²) in [6.07, 6.45) is 0.245. The summed E-state index contributed by atoms with van der Waals surface area (Å²) < 4.78 is 4.87. The van der Waals surface area contributed by atoms with Crippen molar-refractivity contribution >= 4 is 46.6 Å². The maximum atomic E-state index is 12.3. The minimum absolute atomic E-state index is 0.146. The Morgan fingerprint density at radius 1 is 1.08 bits per heavy atom. The van der Waals surface area contributed by atoms with Crippen LogP contribution in [0.15, 0.2) is 36.4 Å². The van der Waals surface area contributed by atoms with Crippen molar-refractivity contribution < 1.29 is 14.3 Å². The van der Waals surface area contributed by atoms with E-state index in [1.807, 2.05) is 13.0 Å². The van der Waals surface area contributed by atoms with Gasteiger partial charge in [0.25, 0.3) is 0 Å². The zero-order valence-electron chi connectivity index (χ0n) is 14.6. The van der Waals surface area contributed by atoms with Crippen molar-refractivity contribution in [1.29, 1.82) is 0 Å². The molecule has 0 saturated carbocycles. The molecular weight excluding hydrogens is 375 g/mol. The summed E-state index contributed by atoms with van der Waals surface area (Å²) in [5.41, 5.74) is 2.83. The maximum absolute atomic E-state index is 12.3. The van der Waals surface area contributed by atoms with Gasteiger partial charge in [-0.2, -0.15) is 0 Å². The van der Waals surface area contributed by atoms with Gasteiger partial charge in [-0.3, -0.25) is 10.1 Å². The van der Waals surface area contributed by atoms with Gasteiger partial charge in [0.05, 0.1) is 6.61 Å². The first-order valence-corrected chi connectivity index (χ1v) is 8.93. The molecule has 0 fully saturated rings. The molecule has 2 rings (SSSR count). The van der Waals surface area contributed by atoms with E-state index in [2.05, 4.69) is 10.6 Å². The predicted molar refractivity (Wildman–Crippen MR) is 105 cm³/mol. The van der Waals surface area contributed by atoms with Crippen LogP contribution in [0.5, 0.6) is 0 Å². The Labute approximate surface area is 162 Å². The van der Waals surface area contributed by atoms with E-state index in [0.29, 0.717) is 27.8 Å². The summed E-state index contributed by atoms with van der Waals surface area (Å²) in [5.74, 6) is -0.146. The number of hydrogen-bond acceptors (Lipinski definition) is 3. The van der Waals surface area contributed by atoms with E-state index < -0.39 is 6.09 Å². The number of amides is 2. The second kappa shape index (κ2) is 9.46. The maximum Gasteiger partial charge on any atom is 0.411 e. The number of ether oxygens (including phenoxy) is 1. The van der Waals surface area contributed by atoms with E-state index in [9.17, 15) is 9.59 Å². The molecule has 0 bridgehead atoms. The van der Waals surface area contributed by atoms with Crippen LogP contribution in [0.2, 0.25) is 10.0 Å². The van der Waals surface area contributed by atoms with Gasteiger partial charge in [0, 0.05) is 27.8 Å². The minimum Gasteiger partial charge on any atom is -0.450 e. The van der Waals surface area contributed by atoms with Crippen LogP contribution < -0.4 is 10.6 Å². The van der Waals surface area contributed by atoms with E-state index in [1.165, 1.54) is 0 Å². The first-order chi connectivity index (χ1) is 12.4. The molecule has 2 aromatic rings. The molecule has 0 aliphatic carbocycles. The molecule has 138 valence electrons. The number of benzene rings is 2. The average Bonchev–Trinajstić information content (AvgIpc) is 2.58. The van der Waals surface area contributed by atoms with Crippen molar-refractivity contribution in [2.24, 2.45) is 0 Å². The molecule has 0 radical (unpaired) electrons. The fourth-order valence-corrected chi connectivity index (χ4v) is 2.87. The third kappa shape index (κ3) is 5.64. The molecule has 2 amide bonds. The molecule has 5 nitrogen and oxygen atoms in total. The first kappa shape index (κ1) is 20.1. The Balaban J connectivity index is 1.99. The lowest BCUT2D eigenvalue weighted by atomic mass is 10.1. The third-order valence-electron chi connectivity index (χ3n) is 3.76. The highest BCUT2D eigenvalue weighted by molar-refractivity contribution is 6.35. The summed E-state index contributed by atoms with van der Waals surface area (Å²) in [6, 6.07) is 10.5. The number of carbonyl (C=O) groups excluding carboxylic acids is 2. The Morgan fingerprint density at radius 2 is 1.77 bits per heavy atom. The number of hydrogen-bond donors (Lipinski definition) is 2. The van der Waals surface area contributed by atoms with E-state index in [-0.39, 0.29) is 18.9 Å². The average molecular weight is 395 g/mol. The highest BCUT2D eigenvalue weighted by atomic mass is 35.5. The quantitative estimate of drug-likeness (QED) is 0.684. The molecular formula is C19H20Cl2N2O3. The van der Waals surface area contributed by atoms with Gasteiger partial charge in [-0.05, 0) is 55.7 Å². The third-order valence-corrected chi connectivity index (χ3v) is 4.34. The highest BCUT2D eigenvalue weighted by Crippen LogP contribution is 2.25. The van der Waals surface area contributed by atoms with Crippen molar-refractivity contribution in [2.45, 2.75) is 26.7 Å². The molecule has 26 heavy (non-hydrogen) atoms. The van der Waals surface area contributed by atoms with Crippen LogP contribution in [0, 0.1) is 6.92 Å². The van der Waals surface area contributed by atoms with Gasteiger partial charge < -0.3 is 10.1 Å². The zero-order chi connectivity index (χ0) is 19.1. The van der Waals surface area contributed by atoms with Crippen molar-refractivity contribution in [2.75, 3.05) is 17.2 Å². The number of aryl methyl sites for hydroxylation is 1. The second-order valence-electron chi connectivity index (χ2n) is 5.61. The molecule has 0 aliphatic rings. The largest absolute Gasteiger partial charge is 0.450 e. The number of halogens is 2. The first-order valence-electron chi connectivity index (χ1n) is 8.18. The summed E-state index contributed by atoms with van der Waals surface area (Å²) in [6.45, 7) is 3.83. The van der Waals surface area contributed by atoms with Crippen LogP contribution in [-0.2, 0) is 16.0 Å². The van der Waals surface area contributed by atoms with Gasteiger partial charge in [0.1, 0.15) is 0 Å². The molecule has 0 unspecified atom stereocenters. The number of anilines is 2. The fraction of sp³-hybridized carbons (Fsp3) is 0.263. The monoisotopic (exact) mass is 394 g/mol. The molecule has 0 aliphatic heterocycles. The van der Waals surface area contributed by atoms with E-state index >= 15 is 0 Å². The van der Waals surface area contributed by atoms with Gasteiger partial charge >= 0.3 is 6.09 Å². The van der Waals surface area contributed by atoms with Gasteiger partial charge in [-0.1, -0.05) is 35.3 Å². The molecule has 0 aromatic heterocycles. The SMILES string of the molecule is CCOC(=O)Nc1cccc(NC(=O)CCc2ccc(Cl)cc2Cl)c1C. The summed E-state index contributed by atoms with van der Waals surface area (Å²) in [4.78, 5) is 23.8. The van der Waals surface area contributed by atoms with Gasteiger partial charge in [-0.15, -0.1) is 0 Å². The van der Waals surface area contributed by atoms with Crippen LogP contribution in [0.1, 0.15) is 24.5 Å². The smallest absolute Gasteiger partial charge is 0.411 e. The minimum atomic E-state index is -0.531. The number of carbonyl (C=O) groups is 2. The molecule has 0 spiro atoms. The number of nitrogens with one attached hydrogen (secondary N) is 2. The summed E-state index contributed by atoms with van der Waals surface area (Å²) in [5, 5.41) is 6.61. The Hall–Kier alpha value is -2.24. The molecule has 2 N–H and O–H groups in total. The standard InChI is InChI=1S/C19H20Cl2N2O3/c1-3-26-19(25)23-17-6-4-5-16(12(17)2)22-18(24)10-8-13-7-9-14(20)11-15(13)21/h4-7,9,11H,3,8,10H2,1-2H3,(H,22,24)(H,23,25). The van der Waals surface area contributed by atoms with Crippen molar-refractivity contribution in [3.8, 4) is 0 Å². The lowest BCUT2D eigenvalue weighted by Crippen LogP contribution is -2.16. The van der Waals surface area contributed by atoms with Gasteiger partial charge in [0.15, 0.2) is 0 Å². The fourth-order valence-electron chi connectivity index (χ4n) is 2.37. The van der Waals surface area contributed by atoms with E-state index in [0.717, 1.165) is 11.1 Å². The van der Waals surface area contributed by atoms with Gasteiger partial charge in [-0.25, -0.2) is 4.79 Å². The second-order valence-corrected chi connectivity index (χ2v) is 6.45. The molecule has 2 aromatic carbocycles. The van der Waals surface area contributed by atoms with Crippen molar-refractivity contribution in [1.82, 2.24) is 0 Å². The molecule has 0 saturated heterocycles. The summed E-state index contributed by atoms with van der Waals surface area (Å²) in [7, 11) is 0. The lowest BCUT2D eigenvalue weighted by Gasteiger charge is -2.13. The van der Waals surface area contributed by atoms with Crippen LogP contribution in [-0.4, -0.2) is 18.6 Å². The van der Waals surface area contributed by atoms with Gasteiger partial charge in [0.2, 0.25) is 5.91 Å². The predicted octanol–water partition coefficient (Wildman–Crippen LogP) is 5.44. The van der Waals surface area contributed by atoms with E-state index in [4.69, 9.17) is 27.9 Å². The molecule has 0 heterocycles. The topological polar surface area (TPSA) is 67.4 Å². The molecule has 7 heteroatoms. The number of rotatable bonds is 6. The van der Waals surface area contributed by atoms with Crippen LogP contribution in [0.3, 0.4) is 0 Å².